The van der Waals surface area contributed by atoms with Crippen LogP contribution in [-0.2, 0) is 0 Å². The van der Waals surface area contributed by atoms with Crippen molar-refractivity contribution in [2.45, 2.75) is 31.3 Å². The van der Waals surface area contributed by atoms with Crippen LogP contribution in [0.2, 0.25) is 0 Å². The van der Waals surface area contributed by atoms with E-state index in [4.69, 9.17) is 5.73 Å². The maximum Gasteiger partial charge on any atom is 0.201 e. The monoisotopic (exact) mass is 234 g/mol. The first-order chi connectivity index (χ1) is 8.22. The van der Waals surface area contributed by atoms with E-state index in [1.165, 1.54) is 12.1 Å². The minimum Gasteiger partial charge on any atom is -0.352 e. The number of nitrogens with two attached hydrogens (primary N) is 1. The van der Waals surface area contributed by atoms with Crippen molar-refractivity contribution in [1.29, 1.82) is 0 Å². The predicted octanol–water partition coefficient (Wildman–Crippen LogP) is 1.99. The Morgan fingerprint density at radius 1 is 1.41 bits per heavy atom. The van der Waals surface area contributed by atoms with Gasteiger partial charge in [0.25, 0.3) is 0 Å². The van der Waals surface area contributed by atoms with Gasteiger partial charge in [-0.25, -0.2) is 9.37 Å². The highest BCUT2D eigenvalue weighted by molar-refractivity contribution is 5.77. The molecule has 0 saturated heterocycles. The van der Waals surface area contributed by atoms with E-state index in [-0.39, 0.29) is 17.9 Å². The smallest absolute Gasteiger partial charge is 0.201 e. The van der Waals surface area contributed by atoms with E-state index in [9.17, 15) is 4.39 Å². The third-order valence-corrected chi connectivity index (χ3v) is 3.34. The number of anilines is 1. The Morgan fingerprint density at radius 3 is 3.06 bits per heavy atom. The Labute approximate surface area is 98.4 Å². The summed E-state index contributed by atoms with van der Waals surface area (Å²) in [6, 6.07) is 4.97. The minimum atomic E-state index is -0.259. The lowest BCUT2D eigenvalue weighted by Crippen LogP contribution is -2.35. The molecule has 1 heterocycles. The van der Waals surface area contributed by atoms with Crippen LogP contribution >= 0.6 is 0 Å². The normalized spacial score (nSPS) is 24.4. The molecule has 0 bridgehead atoms. The summed E-state index contributed by atoms with van der Waals surface area (Å²) in [5.41, 5.74) is 7.45. The van der Waals surface area contributed by atoms with Crippen molar-refractivity contribution in [3.05, 3.63) is 24.0 Å². The molecular formula is C12H15FN4. The van der Waals surface area contributed by atoms with Crippen molar-refractivity contribution in [3.8, 4) is 0 Å². The van der Waals surface area contributed by atoms with Crippen LogP contribution in [0.3, 0.4) is 0 Å². The van der Waals surface area contributed by atoms with Gasteiger partial charge in [0.15, 0.2) is 0 Å². The maximum absolute atomic E-state index is 13.0. The molecule has 4 nitrogen and oxygen atoms in total. The van der Waals surface area contributed by atoms with Gasteiger partial charge >= 0.3 is 0 Å². The number of halogens is 1. The second-order valence-corrected chi connectivity index (χ2v) is 4.59. The number of benzene rings is 1. The highest BCUT2D eigenvalue weighted by Gasteiger charge is 2.24. The second kappa shape index (κ2) is 4.00. The summed E-state index contributed by atoms with van der Waals surface area (Å²) < 4.78 is 13.0. The lowest BCUT2D eigenvalue weighted by molar-refractivity contribution is 0.629. The molecule has 1 fully saturated rings. The van der Waals surface area contributed by atoms with E-state index in [1.807, 2.05) is 0 Å². The molecule has 17 heavy (non-hydrogen) atoms. The Bertz CT molecular complexity index is 536. The first-order valence-corrected chi connectivity index (χ1v) is 5.90. The molecule has 1 aliphatic rings. The van der Waals surface area contributed by atoms with Crippen LogP contribution < -0.4 is 11.1 Å². The molecular weight excluding hydrogens is 219 g/mol. The molecule has 2 unspecified atom stereocenters. The maximum atomic E-state index is 13.0. The molecule has 1 aliphatic carbocycles. The van der Waals surface area contributed by atoms with Crippen LogP contribution in [0.1, 0.15) is 19.3 Å². The van der Waals surface area contributed by atoms with Crippen LogP contribution in [0.4, 0.5) is 10.3 Å². The number of aromatic amines is 1. The number of aromatic nitrogens is 2. The van der Waals surface area contributed by atoms with Gasteiger partial charge in [0, 0.05) is 12.1 Å². The standard InChI is InChI=1S/C12H15FN4/c13-7-4-5-10-11(6-7)17-12(16-10)15-9-3-1-2-8(9)14/h4-6,8-9H,1-3,14H2,(H2,15,16,17). The Morgan fingerprint density at radius 2 is 2.29 bits per heavy atom. The minimum absolute atomic E-state index is 0.181. The number of nitrogens with zero attached hydrogens (tertiary/aromatic N) is 1. The number of hydrogen-bond donors (Lipinski definition) is 3. The van der Waals surface area contributed by atoms with Gasteiger partial charge in [-0.3, -0.25) is 0 Å². The Kier molecular flexibility index (Phi) is 2.48. The molecule has 1 aromatic carbocycles. The molecule has 0 amide bonds. The van der Waals surface area contributed by atoms with Crippen molar-refractivity contribution in [2.75, 3.05) is 5.32 Å². The summed E-state index contributed by atoms with van der Waals surface area (Å²) in [6.07, 6.45) is 3.26. The average molecular weight is 234 g/mol. The zero-order chi connectivity index (χ0) is 11.8. The molecule has 2 atom stereocenters. The van der Waals surface area contributed by atoms with Gasteiger partial charge in [0.2, 0.25) is 5.95 Å². The topological polar surface area (TPSA) is 66.7 Å². The Balaban J connectivity index is 1.85. The third kappa shape index (κ3) is 1.98. The zero-order valence-corrected chi connectivity index (χ0v) is 9.41. The number of hydrogen-bond acceptors (Lipinski definition) is 3. The fraction of sp³-hybridized carbons (Fsp3) is 0.417. The zero-order valence-electron chi connectivity index (χ0n) is 9.41. The van der Waals surface area contributed by atoms with Gasteiger partial charge in [-0.1, -0.05) is 0 Å². The number of nitrogens with one attached hydrogen (secondary N) is 2. The first kappa shape index (κ1) is 10.5. The van der Waals surface area contributed by atoms with Gasteiger partial charge in [-0.05, 0) is 37.5 Å². The summed E-state index contributed by atoms with van der Waals surface area (Å²) >= 11 is 0. The highest BCUT2D eigenvalue weighted by atomic mass is 19.1. The van der Waals surface area contributed by atoms with Gasteiger partial charge < -0.3 is 16.0 Å². The molecule has 0 radical (unpaired) electrons. The molecule has 1 aromatic heterocycles. The van der Waals surface area contributed by atoms with E-state index in [2.05, 4.69) is 15.3 Å². The van der Waals surface area contributed by atoms with E-state index < -0.39 is 0 Å². The van der Waals surface area contributed by atoms with Gasteiger partial charge in [0.1, 0.15) is 5.82 Å². The van der Waals surface area contributed by atoms with E-state index in [0.717, 1.165) is 24.8 Å². The summed E-state index contributed by atoms with van der Waals surface area (Å²) in [5, 5.41) is 3.29. The fourth-order valence-electron chi connectivity index (χ4n) is 2.39. The predicted molar refractivity (Wildman–Crippen MR) is 65.3 cm³/mol. The van der Waals surface area contributed by atoms with Crippen molar-refractivity contribution in [3.63, 3.8) is 0 Å². The summed E-state index contributed by atoms with van der Waals surface area (Å²) in [7, 11) is 0. The molecule has 0 aliphatic heterocycles. The number of imidazole rings is 1. The molecule has 1 saturated carbocycles. The first-order valence-electron chi connectivity index (χ1n) is 5.90. The Hall–Kier alpha value is -1.62. The molecule has 5 heteroatoms. The molecule has 3 rings (SSSR count). The van der Waals surface area contributed by atoms with Gasteiger partial charge in [0.05, 0.1) is 11.0 Å². The lowest BCUT2D eigenvalue weighted by Gasteiger charge is -2.15. The second-order valence-electron chi connectivity index (χ2n) is 4.59. The van der Waals surface area contributed by atoms with Crippen LogP contribution in [0.5, 0.6) is 0 Å². The van der Waals surface area contributed by atoms with Crippen LogP contribution in [0.15, 0.2) is 18.2 Å². The molecule has 2 aromatic rings. The number of fused-ring (bicyclic) bond motifs is 1. The summed E-state index contributed by atoms with van der Waals surface area (Å²) in [4.78, 5) is 7.43. The molecule has 0 spiro atoms. The fourth-order valence-corrected chi connectivity index (χ4v) is 2.39. The van der Waals surface area contributed by atoms with E-state index in [1.54, 1.807) is 6.07 Å². The molecule has 90 valence electrons. The van der Waals surface area contributed by atoms with Crippen molar-refractivity contribution in [2.24, 2.45) is 5.73 Å². The van der Waals surface area contributed by atoms with E-state index >= 15 is 0 Å². The SMILES string of the molecule is NC1CCCC1Nc1nc2ccc(F)cc2[nH]1. The van der Waals surface area contributed by atoms with Crippen LogP contribution in [0.25, 0.3) is 11.0 Å². The lowest BCUT2D eigenvalue weighted by atomic mass is 10.2. The number of rotatable bonds is 2. The van der Waals surface area contributed by atoms with Gasteiger partial charge in [-0.2, -0.15) is 0 Å². The largest absolute Gasteiger partial charge is 0.352 e. The third-order valence-electron chi connectivity index (χ3n) is 3.34. The van der Waals surface area contributed by atoms with Crippen molar-refractivity contribution in [1.82, 2.24) is 9.97 Å². The van der Waals surface area contributed by atoms with Crippen LogP contribution in [0, 0.1) is 5.82 Å². The van der Waals surface area contributed by atoms with Crippen molar-refractivity contribution >= 4 is 17.0 Å². The summed E-state index contributed by atoms with van der Waals surface area (Å²) in [6.45, 7) is 0. The summed E-state index contributed by atoms with van der Waals surface area (Å²) in [5.74, 6) is 0.415. The number of H-pyrrole nitrogens is 1. The quantitative estimate of drug-likeness (QED) is 0.744. The van der Waals surface area contributed by atoms with Crippen LogP contribution in [-0.4, -0.2) is 22.1 Å². The van der Waals surface area contributed by atoms with Gasteiger partial charge in [-0.15, -0.1) is 0 Å². The van der Waals surface area contributed by atoms with E-state index in [0.29, 0.717) is 11.5 Å². The highest BCUT2D eigenvalue weighted by Crippen LogP contribution is 2.22. The molecule has 4 N–H and O–H groups in total. The van der Waals surface area contributed by atoms with Crippen molar-refractivity contribution < 1.29 is 4.39 Å². The average Bonchev–Trinajstić information content (AvgIpc) is 2.85.